The molecule has 0 bridgehead atoms. The number of likely N-dealkylation sites (tertiary alicyclic amines) is 1. The van der Waals surface area contributed by atoms with Crippen molar-refractivity contribution in [2.75, 3.05) is 19.7 Å². The number of hydrogen-bond donors (Lipinski definition) is 1. The van der Waals surface area contributed by atoms with E-state index < -0.39 is 5.83 Å². The van der Waals surface area contributed by atoms with E-state index in [1.807, 2.05) is 6.92 Å². The molecular formula is C20H24FNO4. The Labute approximate surface area is 153 Å². The first-order chi connectivity index (χ1) is 12.5. The van der Waals surface area contributed by atoms with Gasteiger partial charge in [-0.1, -0.05) is 30.9 Å². The van der Waals surface area contributed by atoms with E-state index in [9.17, 15) is 9.18 Å². The van der Waals surface area contributed by atoms with Gasteiger partial charge in [0, 0.05) is 13.0 Å². The third-order valence-electron chi connectivity index (χ3n) is 3.97. The topological polar surface area (TPSA) is 59.0 Å². The second-order valence-electron chi connectivity index (χ2n) is 5.92. The van der Waals surface area contributed by atoms with Crippen molar-refractivity contribution >= 4 is 5.91 Å². The highest BCUT2D eigenvalue weighted by Crippen LogP contribution is 2.21. The minimum Gasteiger partial charge on any atom is -0.485 e. The molecule has 1 fully saturated rings. The second kappa shape index (κ2) is 9.77. The number of nitrogens with zero attached hydrogens (tertiary/aromatic N) is 1. The summed E-state index contributed by atoms with van der Waals surface area (Å²) in [5, 5.41) is 9.01. The lowest BCUT2D eigenvalue weighted by molar-refractivity contribution is -0.132. The Hall–Kier alpha value is -2.60. The number of benzene rings is 1. The normalized spacial score (nSPS) is 17.6. The zero-order chi connectivity index (χ0) is 18.9. The minimum atomic E-state index is -0.637. The van der Waals surface area contributed by atoms with Crippen molar-refractivity contribution in [1.29, 1.82) is 0 Å². The summed E-state index contributed by atoms with van der Waals surface area (Å²) in [7, 11) is 0. The lowest BCUT2D eigenvalue weighted by Gasteiger charge is -2.18. The van der Waals surface area contributed by atoms with Gasteiger partial charge in [0.15, 0.2) is 18.2 Å². The standard InChI is InChI=1S/C20H24FNO4/c1-3-4-5-19(15(2)21)26-18-10-11-22(12-18)20(24)14-25-17-8-6-16(13-23)7-9-17/h3-9,18,23H,2,10-14H2,1H3/b4-3-,19-5+/t18-/m1/s1. The van der Waals surface area contributed by atoms with Crippen LogP contribution in [0.15, 0.2) is 60.7 Å². The van der Waals surface area contributed by atoms with E-state index in [0.29, 0.717) is 25.3 Å². The van der Waals surface area contributed by atoms with E-state index in [0.717, 1.165) is 5.56 Å². The Morgan fingerprint density at radius 1 is 1.42 bits per heavy atom. The Morgan fingerprint density at radius 2 is 2.15 bits per heavy atom. The monoisotopic (exact) mass is 361 g/mol. The highest BCUT2D eigenvalue weighted by atomic mass is 19.1. The van der Waals surface area contributed by atoms with Crippen molar-refractivity contribution in [3.05, 3.63) is 66.2 Å². The average molecular weight is 361 g/mol. The summed E-state index contributed by atoms with van der Waals surface area (Å²) in [6.07, 6.45) is 5.31. The Morgan fingerprint density at radius 3 is 2.77 bits per heavy atom. The van der Waals surface area contributed by atoms with Crippen LogP contribution in [0.1, 0.15) is 18.9 Å². The summed E-state index contributed by atoms with van der Waals surface area (Å²) in [6.45, 7) is 5.89. The summed E-state index contributed by atoms with van der Waals surface area (Å²) in [5.74, 6) is -0.140. The molecule has 1 amide bonds. The molecule has 0 saturated carbocycles. The fraction of sp³-hybridized carbons (Fsp3) is 0.350. The number of allylic oxidation sites excluding steroid dienone is 4. The summed E-state index contributed by atoms with van der Waals surface area (Å²) in [4.78, 5) is 13.9. The highest BCUT2D eigenvalue weighted by molar-refractivity contribution is 5.78. The van der Waals surface area contributed by atoms with Crippen LogP contribution in [0.3, 0.4) is 0 Å². The summed E-state index contributed by atoms with van der Waals surface area (Å²) in [6, 6.07) is 6.89. The van der Waals surface area contributed by atoms with E-state index in [1.54, 1.807) is 41.3 Å². The van der Waals surface area contributed by atoms with Gasteiger partial charge in [-0.15, -0.1) is 0 Å². The van der Waals surface area contributed by atoms with Gasteiger partial charge in [-0.2, -0.15) is 0 Å². The van der Waals surface area contributed by atoms with Gasteiger partial charge in [-0.25, -0.2) is 4.39 Å². The first-order valence-corrected chi connectivity index (χ1v) is 8.48. The molecule has 0 unspecified atom stereocenters. The van der Waals surface area contributed by atoms with Gasteiger partial charge in [0.05, 0.1) is 13.2 Å². The Balaban J connectivity index is 1.83. The van der Waals surface area contributed by atoms with Crippen molar-refractivity contribution in [2.24, 2.45) is 0 Å². The van der Waals surface area contributed by atoms with Gasteiger partial charge in [-0.3, -0.25) is 4.79 Å². The number of rotatable bonds is 8. The molecule has 1 atom stereocenters. The number of aliphatic hydroxyl groups excluding tert-OH is 1. The molecule has 0 spiro atoms. The largest absolute Gasteiger partial charge is 0.485 e. The van der Waals surface area contributed by atoms with Crippen LogP contribution in [0, 0.1) is 0 Å². The molecule has 140 valence electrons. The molecule has 1 aliphatic rings. The zero-order valence-electron chi connectivity index (χ0n) is 14.9. The van der Waals surface area contributed by atoms with Crippen LogP contribution in [-0.4, -0.2) is 41.7 Å². The first-order valence-electron chi connectivity index (χ1n) is 8.48. The quantitative estimate of drug-likeness (QED) is 0.571. The van der Waals surface area contributed by atoms with E-state index in [-0.39, 0.29) is 31.0 Å². The Kier molecular flexibility index (Phi) is 7.41. The maximum atomic E-state index is 13.4. The fourth-order valence-electron chi connectivity index (χ4n) is 2.54. The fourth-order valence-corrected chi connectivity index (χ4v) is 2.54. The van der Waals surface area contributed by atoms with Crippen LogP contribution < -0.4 is 4.74 Å². The number of aliphatic hydroxyl groups is 1. The molecule has 1 aliphatic heterocycles. The number of ether oxygens (including phenoxy) is 2. The number of carbonyl (C=O) groups excluding carboxylic acids is 1. The van der Waals surface area contributed by atoms with Crippen LogP contribution in [0.25, 0.3) is 0 Å². The summed E-state index contributed by atoms with van der Waals surface area (Å²) < 4.78 is 24.5. The van der Waals surface area contributed by atoms with Crippen molar-refractivity contribution < 1.29 is 23.8 Å². The molecule has 1 saturated heterocycles. The molecule has 1 aromatic rings. The predicted molar refractivity (Wildman–Crippen MR) is 97.1 cm³/mol. The number of hydrogen-bond acceptors (Lipinski definition) is 4. The van der Waals surface area contributed by atoms with Gasteiger partial charge >= 0.3 is 0 Å². The Bertz CT molecular complexity index is 682. The lowest BCUT2D eigenvalue weighted by Crippen LogP contribution is -2.34. The van der Waals surface area contributed by atoms with E-state index in [2.05, 4.69) is 6.58 Å². The molecule has 1 aromatic carbocycles. The molecule has 0 aliphatic carbocycles. The van der Waals surface area contributed by atoms with Crippen molar-refractivity contribution in [1.82, 2.24) is 4.90 Å². The lowest BCUT2D eigenvalue weighted by atomic mass is 10.2. The molecule has 2 rings (SSSR count). The predicted octanol–water partition coefficient (Wildman–Crippen LogP) is 3.12. The summed E-state index contributed by atoms with van der Waals surface area (Å²) >= 11 is 0. The molecule has 1 N–H and O–H groups in total. The highest BCUT2D eigenvalue weighted by Gasteiger charge is 2.28. The van der Waals surface area contributed by atoms with E-state index in [4.69, 9.17) is 14.6 Å². The van der Waals surface area contributed by atoms with Crippen LogP contribution in [0.4, 0.5) is 4.39 Å². The van der Waals surface area contributed by atoms with Gasteiger partial charge < -0.3 is 19.5 Å². The molecule has 6 heteroatoms. The molecule has 26 heavy (non-hydrogen) atoms. The first kappa shape index (κ1) is 19.7. The molecule has 0 radical (unpaired) electrons. The number of carbonyl (C=O) groups is 1. The van der Waals surface area contributed by atoms with Crippen molar-refractivity contribution in [3.63, 3.8) is 0 Å². The number of amides is 1. The van der Waals surface area contributed by atoms with Gasteiger partial charge in [0.25, 0.3) is 5.91 Å². The van der Waals surface area contributed by atoms with E-state index >= 15 is 0 Å². The zero-order valence-corrected chi connectivity index (χ0v) is 14.9. The van der Waals surface area contributed by atoms with Crippen molar-refractivity contribution in [3.8, 4) is 5.75 Å². The van der Waals surface area contributed by atoms with Crippen LogP contribution >= 0.6 is 0 Å². The van der Waals surface area contributed by atoms with Gasteiger partial charge in [-0.05, 0) is 30.7 Å². The van der Waals surface area contributed by atoms with Crippen LogP contribution in [0.5, 0.6) is 5.75 Å². The summed E-state index contributed by atoms with van der Waals surface area (Å²) in [5.41, 5.74) is 0.777. The smallest absolute Gasteiger partial charge is 0.260 e. The third-order valence-corrected chi connectivity index (χ3v) is 3.97. The van der Waals surface area contributed by atoms with E-state index in [1.165, 1.54) is 6.08 Å². The third kappa shape index (κ3) is 5.74. The maximum absolute atomic E-state index is 13.4. The molecule has 5 nitrogen and oxygen atoms in total. The average Bonchev–Trinajstić information content (AvgIpc) is 3.12. The van der Waals surface area contributed by atoms with Crippen LogP contribution in [-0.2, 0) is 16.1 Å². The minimum absolute atomic E-state index is 0.0375. The van der Waals surface area contributed by atoms with Gasteiger partial charge in [0.1, 0.15) is 11.9 Å². The SMILES string of the molecule is C=C(F)/C(=C\C=C/C)O[C@@H]1CCN(C(=O)COc2ccc(CO)cc2)C1. The van der Waals surface area contributed by atoms with Crippen LogP contribution in [0.2, 0.25) is 0 Å². The van der Waals surface area contributed by atoms with Crippen molar-refractivity contribution in [2.45, 2.75) is 26.1 Å². The molecule has 0 aromatic heterocycles. The van der Waals surface area contributed by atoms with Gasteiger partial charge in [0.2, 0.25) is 0 Å². The maximum Gasteiger partial charge on any atom is 0.260 e. The second-order valence-corrected chi connectivity index (χ2v) is 5.92. The molecular weight excluding hydrogens is 337 g/mol. The molecule has 1 heterocycles. The number of halogens is 1.